The molecule has 2 aliphatic rings. The molecule has 110 valence electrons. The van der Waals surface area contributed by atoms with Crippen molar-refractivity contribution < 1.29 is 19.1 Å². The van der Waals surface area contributed by atoms with E-state index in [4.69, 9.17) is 9.47 Å². The van der Waals surface area contributed by atoms with Gasteiger partial charge in [0.1, 0.15) is 0 Å². The summed E-state index contributed by atoms with van der Waals surface area (Å²) in [5, 5.41) is 0. The number of carbonyl (C=O) groups is 2. The fraction of sp³-hybridized carbons (Fsp3) is 0.412. The maximum Gasteiger partial charge on any atom is 0.337 e. The summed E-state index contributed by atoms with van der Waals surface area (Å²) in [7, 11) is 1.37. The number of carbonyl (C=O) groups excluding carboxylic acids is 2. The number of ketones is 1. The Morgan fingerprint density at radius 3 is 2.71 bits per heavy atom. The third-order valence-electron chi connectivity index (χ3n) is 4.20. The predicted octanol–water partition coefficient (Wildman–Crippen LogP) is 2.41. The summed E-state index contributed by atoms with van der Waals surface area (Å²) >= 11 is 0. The first-order valence-electron chi connectivity index (χ1n) is 7.24. The van der Waals surface area contributed by atoms with Crippen molar-refractivity contribution in [2.24, 2.45) is 5.92 Å². The molecule has 0 spiro atoms. The van der Waals surface area contributed by atoms with Crippen molar-refractivity contribution in [3.63, 3.8) is 0 Å². The quantitative estimate of drug-likeness (QED) is 0.801. The second kappa shape index (κ2) is 5.82. The molecule has 0 radical (unpaired) electrons. The molecule has 1 aliphatic heterocycles. The van der Waals surface area contributed by atoms with E-state index in [9.17, 15) is 9.59 Å². The maximum absolute atomic E-state index is 12.6. The van der Waals surface area contributed by atoms with Gasteiger partial charge in [0.05, 0.1) is 12.7 Å². The molecule has 0 N–H and O–H groups in total. The van der Waals surface area contributed by atoms with Gasteiger partial charge < -0.3 is 9.47 Å². The van der Waals surface area contributed by atoms with Crippen LogP contribution in [0.5, 0.6) is 0 Å². The largest absolute Gasteiger partial charge is 0.465 e. The zero-order valence-electron chi connectivity index (χ0n) is 12.1. The van der Waals surface area contributed by atoms with Crippen LogP contribution in [0, 0.1) is 5.92 Å². The van der Waals surface area contributed by atoms with Crippen LogP contribution in [0.2, 0.25) is 0 Å². The molecule has 1 saturated heterocycles. The van der Waals surface area contributed by atoms with Crippen LogP contribution in [0.4, 0.5) is 0 Å². The minimum Gasteiger partial charge on any atom is -0.465 e. The number of benzene rings is 1. The Kier molecular flexibility index (Phi) is 3.88. The summed E-state index contributed by atoms with van der Waals surface area (Å²) in [6.07, 6.45) is 4.27. The molecule has 0 bridgehead atoms. The van der Waals surface area contributed by atoms with Crippen LogP contribution in [0.25, 0.3) is 5.57 Å². The zero-order valence-corrected chi connectivity index (χ0v) is 12.1. The van der Waals surface area contributed by atoms with Crippen LogP contribution >= 0.6 is 0 Å². The Hall–Kier alpha value is -1.94. The molecular weight excluding hydrogens is 268 g/mol. The molecule has 1 fully saturated rings. The second-order valence-corrected chi connectivity index (χ2v) is 5.44. The molecule has 1 aliphatic carbocycles. The summed E-state index contributed by atoms with van der Waals surface area (Å²) in [4.78, 5) is 24.2. The van der Waals surface area contributed by atoms with Crippen molar-refractivity contribution >= 4 is 17.3 Å². The topological polar surface area (TPSA) is 52.6 Å². The fourth-order valence-corrected chi connectivity index (χ4v) is 3.01. The average molecular weight is 286 g/mol. The van der Waals surface area contributed by atoms with E-state index in [1.54, 1.807) is 6.07 Å². The SMILES string of the molecule is COC(=O)c1ccc2c(c1)CC=C2C(=O)C1CCOCC1. The Labute approximate surface area is 123 Å². The van der Waals surface area contributed by atoms with Crippen molar-refractivity contribution in [2.45, 2.75) is 19.3 Å². The van der Waals surface area contributed by atoms with Gasteiger partial charge in [-0.15, -0.1) is 0 Å². The van der Waals surface area contributed by atoms with Crippen LogP contribution in [-0.4, -0.2) is 32.1 Å². The molecule has 21 heavy (non-hydrogen) atoms. The van der Waals surface area contributed by atoms with Gasteiger partial charge in [0, 0.05) is 24.7 Å². The molecule has 0 atom stereocenters. The first-order chi connectivity index (χ1) is 10.2. The summed E-state index contributed by atoms with van der Waals surface area (Å²) in [6.45, 7) is 1.33. The maximum atomic E-state index is 12.6. The molecule has 0 aromatic heterocycles. The number of methoxy groups -OCH3 is 1. The number of rotatable bonds is 3. The third kappa shape index (κ3) is 2.63. The van der Waals surface area contributed by atoms with Gasteiger partial charge in [0.25, 0.3) is 0 Å². The normalized spacial score (nSPS) is 18.0. The van der Waals surface area contributed by atoms with Crippen LogP contribution in [-0.2, 0) is 20.7 Å². The van der Waals surface area contributed by atoms with E-state index in [2.05, 4.69) is 0 Å². The highest BCUT2D eigenvalue weighted by Crippen LogP contribution is 2.33. The number of fused-ring (bicyclic) bond motifs is 1. The standard InChI is InChI=1S/C17H18O4/c1-20-17(19)13-3-4-14-12(10-13)2-5-15(14)16(18)11-6-8-21-9-7-11/h3-5,10-11H,2,6-9H2,1H3. The lowest BCUT2D eigenvalue weighted by atomic mass is 9.88. The molecule has 0 amide bonds. The highest BCUT2D eigenvalue weighted by molar-refractivity contribution is 6.23. The lowest BCUT2D eigenvalue weighted by Gasteiger charge is -2.21. The lowest BCUT2D eigenvalue weighted by Crippen LogP contribution is -2.24. The van der Waals surface area contributed by atoms with E-state index in [-0.39, 0.29) is 17.7 Å². The highest BCUT2D eigenvalue weighted by atomic mass is 16.5. The first kappa shape index (κ1) is 14.0. The summed E-state index contributed by atoms with van der Waals surface area (Å²) in [5.41, 5.74) is 3.31. The van der Waals surface area contributed by atoms with Gasteiger partial charge in [-0.05, 0) is 42.5 Å². The Balaban J connectivity index is 1.82. The van der Waals surface area contributed by atoms with E-state index >= 15 is 0 Å². The fourth-order valence-electron chi connectivity index (χ4n) is 3.01. The van der Waals surface area contributed by atoms with Crippen molar-refractivity contribution in [3.8, 4) is 0 Å². The van der Waals surface area contributed by atoms with E-state index in [0.29, 0.717) is 25.2 Å². The van der Waals surface area contributed by atoms with E-state index in [0.717, 1.165) is 29.5 Å². The summed E-state index contributed by atoms with van der Waals surface area (Å²) in [6, 6.07) is 5.40. The molecular formula is C17H18O4. The molecule has 1 heterocycles. The molecule has 4 heteroatoms. The Bertz CT molecular complexity index is 609. The molecule has 0 saturated carbocycles. The van der Waals surface area contributed by atoms with Gasteiger partial charge in [0.2, 0.25) is 0 Å². The van der Waals surface area contributed by atoms with Gasteiger partial charge in [-0.25, -0.2) is 4.79 Å². The van der Waals surface area contributed by atoms with Gasteiger partial charge in [0.15, 0.2) is 5.78 Å². The average Bonchev–Trinajstić information content (AvgIpc) is 2.97. The van der Waals surface area contributed by atoms with Crippen LogP contribution < -0.4 is 0 Å². The van der Waals surface area contributed by atoms with Gasteiger partial charge in [-0.2, -0.15) is 0 Å². The number of ether oxygens (including phenoxy) is 2. The van der Waals surface area contributed by atoms with Crippen molar-refractivity contribution in [3.05, 3.63) is 41.0 Å². The van der Waals surface area contributed by atoms with Crippen LogP contribution in [0.1, 0.15) is 34.3 Å². The Morgan fingerprint density at radius 1 is 1.24 bits per heavy atom. The van der Waals surface area contributed by atoms with Gasteiger partial charge in [-0.1, -0.05) is 12.1 Å². The van der Waals surface area contributed by atoms with E-state index in [1.165, 1.54) is 7.11 Å². The van der Waals surface area contributed by atoms with Crippen molar-refractivity contribution in [1.29, 1.82) is 0 Å². The number of hydrogen-bond donors (Lipinski definition) is 0. The molecule has 4 nitrogen and oxygen atoms in total. The number of allylic oxidation sites excluding steroid dienone is 2. The molecule has 0 unspecified atom stereocenters. The minimum absolute atomic E-state index is 0.0660. The third-order valence-corrected chi connectivity index (χ3v) is 4.20. The van der Waals surface area contributed by atoms with Crippen molar-refractivity contribution in [1.82, 2.24) is 0 Å². The lowest BCUT2D eigenvalue weighted by molar-refractivity contribution is -0.119. The summed E-state index contributed by atoms with van der Waals surface area (Å²) in [5.74, 6) is -0.0684. The molecule has 3 rings (SSSR count). The number of hydrogen-bond acceptors (Lipinski definition) is 4. The number of esters is 1. The number of Topliss-reactive ketones (excluding diaryl/α,β-unsaturated/α-hetero) is 1. The first-order valence-corrected chi connectivity index (χ1v) is 7.24. The van der Waals surface area contributed by atoms with Crippen LogP contribution in [0.3, 0.4) is 0 Å². The molecule has 1 aromatic rings. The predicted molar refractivity (Wildman–Crippen MR) is 78.0 cm³/mol. The van der Waals surface area contributed by atoms with Gasteiger partial charge >= 0.3 is 5.97 Å². The smallest absolute Gasteiger partial charge is 0.337 e. The Morgan fingerprint density at radius 2 is 2.00 bits per heavy atom. The minimum atomic E-state index is -0.345. The monoisotopic (exact) mass is 286 g/mol. The second-order valence-electron chi connectivity index (χ2n) is 5.44. The van der Waals surface area contributed by atoms with Crippen molar-refractivity contribution in [2.75, 3.05) is 20.3 Å². The molecule has 1 aromatic carbocycles. The van der Waals surface area contributed by atoms with E-state index < -0.39 is 0 Å². The summed E-state index contributed by atoms with van der Waals surface area (Å²) < 4.78 is 10.0. The van der Waals surface area contributed by atoms with E-state index in [1.807, 2.05) is 18.2 Å². The highest BCUT2D eigenvalue weighted by Gasteiger charge is 2.28. The van der Waals surface area contributed by atoms with Gasteiger partial charge in [-0.3, -0.25) is 4.79 Å². The zero-order chi connectivity index (χ0) is 14.8. The van der Waals surface area contributed by atoms with Crippen LogP contribution in [0.15, 0.2) is 24.3 Å².